The summed E-state index contributed by atoms with van der Waals surface area (Å²) in [5, 5.41) is 1.50. The molecule has 2 heterocycles. The normalized spacial score (nSPS) is 14.1. The van der Waals surface area contributed by atoms with Crippen molar-refractivity contribution in [2.75, 3.05) is 26.4 Å². The Labute approximate surface area is 194 Å². The largest absolute Gasteiger partial charge is 0.337 e. The van der Waals surface area contributed by atoms with E-state index in [2.05, 4.69) is 4.90 Å². The summed E-state index contributed by atoms with van der Waals surface area (Å²) in [5.74, 6) is 0.391. The van der Waals surface area contributed by atoms with E-state index in [0.29, 0.717) is 17.5 Å². The van der Waals surface area contributed by atoms with Crippen molar-refractivity contribution in [3.05, 3.63) is 20.8 Å². The zero-order chi connectivity index (χ0) is 22.7. The summed E-state index contributed by atoms with van der Waals surface area (Å²) in [6.07, 6.45) is 5.23. The van der Waals surface area contributed by atoms with E-state index >= 15 is 0 Å². The Morgan fingerprint density at radius 3 is 2.48 bits per heavy atom. The number of carbonyl (C=O) groups excluding carboxylic acids is 1. The average Bonchev–Trinajstić information content (AvgIpc) is 3.06. The summed E-state index contributed by atoms with van der Waals surface area (Å²) >= 11 is 3.08. The van der Waals surface area contributed by atoms with Crippen LogP contribution in [-0.2, 0) is 24.2 Å². The van der Waals surface area contributed by atoms with Crippen LogP contribution in [0.25, 0.3) is 10.2 Å². The summed E-state index contributed by atoms with van der Waals surface area (Å²) < 4.78 is 1.82. The monoisotopic (exact) mass is 464 g/mol. The van der Waals surface area contributed by atoms with Gasteiger partial charge in [-0.2, -0.15) is 0 Å². The molecule has 0 unspecified atom stereocenters. The van der Waals surface area contributed by atoms with E-state index in [1.807, 2.05) is 51.3 Å². The molecule has 0 N–H and O–H groups in total. The Hall–Kier alpha value is -1.38. The highest BCUT2D eigenvalue weighted by Crippen LogP contribution is 2.34. The fourth-order valence-corrected chi connectivity index (χ4v) is 6.64. The van der Waals surface area contributed by atoms with E-state index in [9.17, 15) is 9.59 Å². The van der Waals surface area contributed by atoms with E-state index in [1.54, 1.807) is 11.3 Å². The predicted molar refractivity (Wildman–Crippen MR) is 132 cm³/mol. The van der Waals surface area contributed by atoms with Crippen molar-refractivity contribution in [2.24, 2.45) is 0 Å². The minimum Gasteiger partial charge on any atom is -0.337 e. The molecular formula is C23H36N4O2S2. The molecule has 172 valence electrons. The maximum absolute atomic E-state index is 13.6. The van der Waals surface area contributed by atoms with Crippen LogP contribution in [-0.4, -0.2) is 63.7 Å². The van der Waals surface area contributed by atoms with Crippen LogP contribution in [0.4, 0.5) is 0 Å². The van der Waals surface area contributed by atoms with Crippen molar-refractivity contribution in [3.63, 3.8) is 0 Å². The smallest absolute Gasteiger partial charge is 0.263 e. The number of thioether (sulfide) groups is 1. The second-order valence-electron chi connectivity index (χ2n) is 9.18. The molecule has 0 radical (unpaired) electrons. The van der Waals surface area contributed by atoms with Gasteiger partial charge in [-0.15, -0.1) is 11.3 Å². The van der Waals surface area contributed by atoms with Gasteiger partial charge in [-0.25, -0.2) is 4.98 Å². The molecule has 2 aromatic heterocycles. The van der Waals surface area contributed by atoms with Crippen molar-refractivity contribution in [1.82, 2.24) is 19.4 Å². The predicted octanol–water partition coefficient (Wildman–Crippen LogP) is 4.03. The van der Waals surface area contributed by atoms with Crippen LogP contribution >= 0.6 is 23.1 Å². The first kappa shape index (κ1) is 24.3. The third kappa shape index (κ3) is 5.52. The molecular weight excluding hydrogens is 428 g/mol. The number of amides is 1. The van der Waals surface area contributed by atoms with Gasteiger partial charge in [0, 0.05) is 23.5 Å². The first-order chi connectivity index (χ1) is 14.7. The first-order valence-corrected chi connectivity index (χ1v) is 13.1. The molecule has 0 saturated carbocycles. The summed E-state index contributed by atoms with van der Waals surface area (Å²) in [7, 11) is 4.08. The van der Waals surface area contributed by atoms with E-state index in [4.69, 9.17) is 4.98 Å². The molecule has 1 aliphatic carbocycles. The molecule has 0 saturated heterocycles. The van der Waals surface area contributed by atoms with Crippen molar-refractivity contribution in [2.45, 2.75) is 83.6 Å². The molecule has 0 bridgehead atoms. The van der Waals surface area contributed by atoms with Crippen LogP contribution < -0.4 is 5.56 Å². The molecule has 0 fully saturated rings. The summed E-state index contributed by atoms with van der Waals surface area (Å²) in [6, 6.07) is 0.296. The van der Waals surface area contributed by atoms with Gasteiger partial charge >= 0.3 is 0 Å². The fraction of sp³-hybridized carbons (Fsp3) is 0.696. The third-order valence-corrected chi connectivity index (χ3v) is 7.90. The number of aryl methyl sites for hydroxylation is 2. The molecule has 3 rings (SSSR count). The highest BCUT2D eigenvalue weighted by Gasteiger charge is 2.24. The molecule has 0 atom stereocenters. The van der Waals surface area contributed by atoms with Gasteiger partial charge in [-0.05, 0) is 86.0 Å². The molecule has 0 aliphatic heterocycles. The molecule has 0 aromatic carbocycles. The third-order valence-electron chi connectivity index (χ3n) is 5.75. The van der Waals surface area contributed by atoms with Crippen molar-refractivity contribution in [1.29, 1.82) is 0 Å². The van der Waals surface area contributed by atoms with Gasteiger partial charge in [-0.3, -0.25) is 14.2 Å². The number of hydrogen-bond donors (Lipinski definition) is 0. The standard InChI is InChI=1S/C23H36N4O2S2/c1-15(2)27(16(3)4)19(28)14-30-23-24-21-20(17-10-7-8-11-18(17)31-21)22(29)26(23)13-9-12-25(5)6/h15-16H,7-14H2,1-6H3. The van der Waals surface area contributed by atoms with Gasteiger partial charge in [0.1, 0.15) is 4.83 Å². The Balaban J connectivity index is 1.94. The summed E-state index contributed by atoms with van der Waals surface area (Å²) in [4.78, 5) is 37.6. The van der Waals surface area contributed by atoms with Gasteiger partial charge in [0.25, 0.3) is 5.56 Å². The minimum atomic E-state index is 0.0719. The lowest BCUT2D eigenvalue weighted by atomic mass is 9.97. The molecule has 2 aromatic rings. The number of hydrogen-bond acceptors (Lipinski definition) is 6. The molecule has 0 spiro atoms. The Morgan fingerprint density at radius 2 is 1.84 bits per heavy atom. The number of nitrogens with zero attached hydrogens (tertiary/aromatic N) is 4. The quantitative estimate of drug-likeness (QED) is 0.414. The van der Waals surface area contributed by atoms with Gasteiger partial charge in [0.2, 0.25) is 5.91 Å². The van der Waals surface area contributed by atoms with Crippen LogP contribution in [0.3, 0.4) is 0 Å². The number of thiophene rings is 1. The number of rotatable bonds is 9. The van der Waals surface area contributed by atoms with Gasteiger partial charge < -0.3 is 9.80 Å². The molecule has 31 heavy (non-hydrogen) atoms. The molecule has 1 aliphatic rings. The Kier molecular flexibility index (Phi) is 8.21. The number of aromatic nitrogens is 2. The van der Waals surface area contributed by atoms with Gasteiger partial charge in [0.05, 0.1) is 11.1 Å². The molecule has 6 nitrogen and oxygen atoms in total. The fourth-order valence-electron chi connectivity index (χ4n) is 4.45. The van der Waals surface area contributed by atoms with Crippen molar-refractivity contribution in [3.8, 4) is 0 Å². The van der Waals surface area contributed by atoms with Crippen LogP contribution in [0.5, 0.6) is 0 Å². The lowest BCUT2D eigenvalue weighted by molar-refractivity contribution is -0.131. The van der Waals surface area contributed by atoms with E-state index in [-0.39, 0.29) is 23.6 Å². The average molecular weight is 465 g/mol. The Morgan fingerprint density at radius 1 is 1.16 bits per heavy atom. The van der Waals surface area contributed by atoms with Crippen LogP contribution in [0, 0.1) is 0 Å². The number of fused-ring (bicyclic) bond motifs is 3. The lowest BCUT2D eigenvalue weighted by Crippen LogP contribution is -2.43. The summed E-state index contributed by atoms with van der Waals surface area (Å²) in [6.45, 7) is 9.70. The van der Waals surface area contributed by atoms with Crippen LogP contribution in [0.2, 0.25) is 0 Å². The van der Waals surface area contributed by atoms with Gasteiger partial charge in [-0.1, -0.05) is 11.8 Å². The highest BCUT2D eigenvalue weighted by molar-refractivity contribution is 7.99. The zero-order valence-electron chi connectivity index (χ0n) is 19.7. The molecule has 8 heteroatoms. The van der Waals surface area contributed by atoms with E-state index in [0.717, 1.165) is 42.4 Å². The zero-order valence-corrected chi connectivity index (χ0v) is 21.4. The number of carbonyl (C=O) groups is 1. The second-order valence-corrected chi connectivity index (χ2v) is 11.2. The van der Waals surface area contributed by atoms with Crippen LogP contribution in [0.1, 0.15) is 57.4 Å². The maximum atomic E-state index is 13.6. The van der Waals surface area contributed by atoms with Gasteiger partial charge in [0.15, 0.2) is 5.16 Å². The van der Waals surface area contributed by atoms with E-state index in [1.165, 1.54) is 28.6 Å². The Bertz CT molecular complexity index is 970. The van der Waals surface area contributed by atoms with Crippen molar-refractivity contribution >= 4 is 39.2 Å². The first-order valence-electron chi connectivity index (χ1n) is 11.3. The van der Waals surface area contributed by atoms with Crippen molar-refractivity contribution < 1.29 is 4.79 Å². The van der Waals surface area contributed by atoms with Crippen LogP contribution in [0.15, 0.2) is 9.95 Å². The summed E-state index contributed by atoms with van der Waals surface area (Å²) in [5.41, 5.74) is 1.30. The maximum Gasteiger partial charge on any atom is 0.263 e. The molecule has 1 amide bonds. The lowest BCUT2D eigenvalue weighted by Gasteiger charge is -2.30. The SMILES string of the molecule is CC(C)N(C(=O)CSc1nc2sc3c(c2c(=O)n1CCCN(C)C)CCCC3)C(C)C. The minimum absolute atomic E-state index is 0.0719. The highest BCUT2D eigenvalue weighted by atomic mass is 32.2. The second kappa shape index (κ2) is 10.5. The van der Waals surface area contributed by atoms with E-state index < -0.39 is 0 Å². The topological polar surface area (TPSA) is 58.4 Å².